The molecule has 286 valence electrons. The topological polar surface area (TPSA) is 117 Å². The highest BCUT2D eigenvalue weighted by Crippen LogP contribution is 2.43. The van der Waals surface area contributed by atoms with Crippen LogP contribution in [0.25, 0.3) is 0 Å². The average molecular weight is 712 g/mol. The van der Waals surface area contributed by atoms with Crippen LogP contribution in [0.3, 0.4) is 0 Å². The van der Waals surface area contributed by atoms with Crippen molar-refractivity contribution in [3.8, 4) is 0 Å². The highest BCUT2D eigenvalue weighted by molar-refractivity contribution is 7.47. The second kappa shape index (κ2) is 37.7. The molecule has 0 bridgehead atoms. The molecular weight excluding hydrogens is 637 g/mol. The van der Waals surface area contributed by atoms with Gasteiger partial charge in [0, 0.05) is 19.6 Å². The molecule has 0 heterocycles. The highest BCUT2D eigenvalue weighted by Gasteiger charge is 2.25. The molecule has 0 rings (SSSR count). The first-order valence-electron chi connectivity index (χ1n) is 19.6. The van der Waals surface area contributed by atoms with Crippen molar-refractivity contribution >= 4 is 13.8 Å². The number of hydrogen-bond donors (Lipinski definition) is 2. The van der Waals surface area contributed by atoms with Gasteiger partial charge in [0.25, 0.3) is 0 Å². The molecule has 0 radical (unpaired) electrons. The normalized spacial score (nSPS) is 14.1. The van der Waals surface area contributed by atoms with E-state index in [-0.39, 0.29) is 32.3 Å². The Morgan fingerprint density at radius 1 is 0.633 bits per heavy atom. The lowest BCUT2D eigenvalue weighted by atomic mass is 10.1. The summed E-state index contributed by atoms with van der Waals surface area (Å²) in [5.74, 6) is -0.342. The number of rotatable bonds is 37. The van der Waals surface area contributed by atoms with Crippen molar-refractivity contribution in [3.63, 3.8) is 0 Å². The zero-order valence-corrected chi connectivity index (χ0v) is 32.3. The lowest BCUT2D eigenvalue weighted by Crippen LogP contribution is -2.28. The quantitative estimate of drug-likeness (QED) is 0.0283. The van der Waals surface area contributed by atoms with Gasteiger partial charge in [-0.15, -0.1) is 0 Å². The van der Waals surface area contributed by atoms with Gasteiger partial charge >= 0.3 is 13.8 Å². The Morgan fingerprint density at radius 2 is 1.14 bits per heavy atom. The molecule has 0 aliphatic rings. The van der Waals surface area contributed by atoms with E-state index >= 15 is 0 Å². The number of hydrogen-bond acceptors (Lipinski definition) is 7. The maximum Gasteiger partial charge on any atom is 0.472 e. The molecular formula is C40H74NO7P. The molecule has 8 nitrogen and oxygen atoms in total. The standard InChI is InChI=1S/C40H74NO7P/c1-3-5-7-9-11-12-13-14-15-16-17-18-19-20-21-22-23-24-25-26-27-28-30-32-35-45-37-39(38-47-49(43,44)46-36-34-41)48-40(42)33-31-29-10-8-6-4-2/h5,7,11-12,14-15,17-18,39H,3-4,6,8-10,13,16,19-38,41H2,1-2H3,(H,43,44)/b7-5-,12-11-,15-14-,18-17-. The number of ether oxygens (including phenoxy) is 2. The summed E-state index contributed by atoms with van der Waals surface area (Å²) < 4.78 is 33.1. The number of nitrogens with two attached hydrogens (primary N) is 1. The zero-order valence-electron chi connectivity index (χ0n) is 31.4. The molecule has 0 amide bonds. The fraction of sp³-hybridized carbons (Fsp3) is 0.775. The number of unbranched alkanes of at least 4 members (excludes halogenated alkanes) is 16. The third-order valence-corrected chi connectivity index (χ3v) is 8.99. The van der Waals surface area contributed by atoms with Crippen molar-refractivity contribution in [1.82, 2.24) is 0 Å². The van der Waals surface area contributed by atoms with Crippen molar-refractivity contribution in [2.75, 3.05) is 33.0 Å². The fourth-order valence-corrected chi connectivity index (χ4v) is 5.93. The number of allylic oxidation sites excluding steroid dienone is 8. The van der Waals surface area contributed by atoms with Crippen molar-refractivity contribution in [3.05, 3.63) is 48.6 Å². The van der Waals surface area contributed by atoms with Crippen LogP contribution in [0.15, 0.2) is 48.6 Å². The van der Waals surface area contributed by atoms with E-state index in [9.17, 15) is 14.3 Å². The van der Waals surface area contributed by atoms with Gasteiger partial charge in [-0.2, -0.15) is 0 Å². The SMILES string of the molecule is CC/C=C\C/C=C\C/C=C\C/C=C\CCCCCCCCCCCCCOCC(COP(=O)(O)OCCN)OC(=O)CCCCCCCC. The summed E-state index contributed by atoms with van der Waals surface area (Å²) in [6.07, 6.45) is 43.0. The third kappa shape index (κ3) is 37.5. The maximum absolute atomic E-state index is 12.4. The molecule has 3 N–H and O–H groups in total. The van der Waals surface area contributed by atoms with Gasteiger partial charge in [-0.3, -0.25) is 13.8 Å². The number of phosphoric acid groups is 1. The molecule has 0 fully saturated rings. The Bertz CT molecular complexity index is 890. The lowest BCUT2D eigenvalue weighted by molar-refractivity contribution is -0.154. The van der Waals surface area contributed by atoms with Gasteiger partial charge < -0.3 is 20.1 Å². The fourth-order valence-electron chi connectivity index (χ4n) is 5.16. The van der Waals surface area contributed by atoms with Crippen LogP contribution >= 0.6 is 7.82 Å². The molecule has 0 saturated heterocycles. The summed E-state index contributed by atoms with van der Waals surface area (Å²) in [5, 5.41) is 0. The molecule has 0 aliphatic heterocycles. The molecule has 2 atom stereocenters. The van der Waals surface area contributed by atoms with Crippen LogP contribution in [0.5, 0.6) is 0 Å². The molecule has 9 heteroatoms. The molecule has 0 aliphatic carbocycles. The Morgan fingerprint density at radius 3 is 1.71 bits per heavy atom. The van der Waals surface area contributed by atoms with E-state index in [1.54, 1.807) is 0 Å². The van der Waals surface area contributed by atoms with Gasteiger partial charge in [0.15, 0.2) is 0 Å². The number of carbonyl (C=O) groups excluding carboxylic acids is 1. The second-order valence-corrected chi connectivity index (χ2v) is 14.2. The summed E-state index contributed by atoms with van der Waals surface area (Å²) in [5.41, 5.74) is 5.34. The second-order valence-electron chi connectivity index (χ2n) is 12.8. The van der Waals surface area contributed by atoms with Crippen LogP contribution in [0, 0.1) is 0 Å². The van der Waals surface area contributed by atoms with E-state index in [0.29, 0.717) is 13.0 Å². The van der Waals surface area contributed by atoms with E-state index < -0.39 is 13.9 Å². The van der Waals surface area contributed by atoms with Crippen molar-refractivity contribution in [2.24, 2.45) is 5.73 Å². The molecule has 0 aromatic carbocycles. The first-order valence-corrected chi connectivity index (χ1v) is 21.1. The molecule has 0 spiro atoms. The van der Waals surface area contributed by atoms with E-state index in [0.717, 1.165) is 57.8 Å². The van der Waals surface area contributed by atoms with Gasteiger partial charge in [-0.25, -0.2) is 4.57 Å². The molecule has 0 saturated carbocycles. The zero-order chi connectivity index (χ0) is 35.9. The van der Waals surface area contributed by atoms with Crippen LogP contribution in [-0.2, 0) is 27.9 Å². The highest BCUT2D eigenvalue weighted by atomic mass is 31.2. The lowest BCUT2D eigenvalue weighted by Gasteiger charge is -2.20. The monoisotopic (exact) mass is 712 g/mol. The Kier molecular flexibility index (Phi) is 36.5. The first-order chi connectivity index (χ1) is 23.9. The van der Waals surface area contributed by atoms with Crippen LogP contribution < -0.4 is 5.73 Å². The van der Waals surface area contributed by atoms with Crippen LogP contribution in [0.2, 0.25) is 0 Å². The van der Waals surface area contributed by atoms with Crippen LogP contribution in [-0.4, -0.2) is 49.9 Å². The minimum absolute atomic E-state index is 0.0967. The first kappa shape index (κ1) is 47.5. The van der Waals surface area contributed by atoms with Gasteiger partial charge in [0.2, 0.25) is 0 Å². The Hall–Kier alpha value is -1.54. The number of carbonyl (C=O) groups is 1. The summed E-state index contributed by atoms with van der Waals surface area (Å²) in [4.78, 5) is 22.2. The Labute approximate surface area is 301 Å². The van der Waals surface area contributed by atoms with Crippen molar-refractivity contribution in [1.29, 1.82) is 0 Å². The number of phosphoric ester groups is 1. The van der Waals surface area contributed by atoms with E-state index in [1.807, 2.05) is 0 Å². The van der Waals surface area contributed by atoms with Gasteiger partial charge in [0.1, 0.15) is 6.10 Å². The predicted molar refractivity (Wildman–Crippen MR) is 206 cm³/mol. The summed E-state index contributed by atoms with van der Waals surface area (Å²) in [6, 6.07) is 0. The van der Waals surface area contributed by atoms with Gasteiger partial charge in [0.05, 0.1) is 19.8 Å². The Balaban J connectivity index is 3.86. The van der Waals surface area contributed by atoms with Crippen LogP contribution in [0.1, 0.15) is 162 Å². The molecule has 0 aromatic heterocycles. The van der Waals surface area contributed by atoms with Crippen LogP contribution in [0.4, 0.5) is 0 Å². The minimum Gasteiger partial charge on any atom is -0.457 e. The molecule has 0 aromatic rings. The maximum atomic E-state index is 12.4. The molecule has 49 heavy (non-hydrogen) atoms. The van der Waals surface area contributed by atoms with Crippen molar-refractivity contribution in [2.45, 2.75) is 168 Å². The average Bonchev–Trinajstić information content (AvgIpc) is 3.09. The summed E-state index contributed by atoms with van der Waals surface area (Å²) in [7, 11) is -4.26. The summed E-state index contributed by atoms with van der Waals surface area (Å²) in [6.45, 7) is 4.73. The smallest absolute Gasteiger partial charge is 0.457 e. The predicted octanol–water partition coefficient (Wildman–Crippen LogP) is 11.2. The minimum atomic E-state index is -4.26. The molecule has 2 unspecified atom stereocenters. The summed E-state index contributed by atoms with van der Waals surface area (Å²) >= 11 is 0. The van der Waals surface area contributed by atoms with Gasteiger partial charge in [-0.05, 0) is 51.4 Å². The third-order valence-electron chi connectivity index (χ3n) is 8.01. The van der Waals surface area contributed by atoms with E-state index in [4.69, 9.17) is 24.3 Å². The largest absolute Gasteiger partial charge is 0.472 e. The van der Waals surface area contributed by atoms with E-state index in [2.05, 4.69) is 62.5 Å². The number of esters is 1. The van der Waals surface area contributed by atoms with E-state index in [1.165, 1.54) is 83.5 Å². The van der Waals surface area contributed by atoms with Crippen molar-refractivity contribution < 1.29 is 32.8 Å². The van der Waals surface area contributed by atoms with Gasteiger partial charge in [-0.1, -0.05) is 152 Å².